The van der Waals surface area contributed by atoms with E-state index in [1.54, 1.807) is 30.7 Å². The molecule has 2 aromatic heterocycles. The van der Waals surface area contributed by atoms with E-state index < -0.39 is 23.5 Å². The number of pyridine rings is 1. The molecule has 1 atom stereocenters. The predicted molar refractivity (Wildman–Crippen MR) is 117 cm³/mol. The summed E-state index contributed by atoms with van der Waals surface area (Å²) in [6.45, 7) is 0.164. The third-order valence-electron chi connectivity index (χ3n) is 5.68. The molecule has 2 N–H and O–H groups in total. The molecule has 0 aliphatic carbocycles. The van der Waals surface area contributed by atoms with Crippen molar-refractivity contribution >= 4 is 28.4 Å². The summed E-state index contributed by atoms with van der Waals surface area (Å²) in [6, 6.07) is 15.4. The summed E-state index contributed by atoms with van der Waals surface area (Å²) >= 11 is 0. The number of carbonyl (C=O) groups excluding carboxylic acids is 2. The molecule has 1 aliphatic heterocycles. The predicted octanol–water partition coefficient (Wildman–Crippen LogP) is 4.32. The molecule has 0 saturated carbocycles. The van der Waals surface area contributed by atoms with Crippen LogP contribution in [0.25, 0.3) is 16.7 Å². The normalized spacial score (nSPS) is 17.9. The van der Waals surface area contributed by atoms with Crippen LogP contribution in [-0.4, -0.2) is 31.7 Å². The quantitative estimate of drug-likeness (QED) is 0.288. The van der Waals surface area contributed by atoms with Gasteiger partial charge in [-0.1, -0.05) is 18.2 Å². The van der Waals surface area contributed by atoms with Crippen molar-refractivity contribution in [3.8, 4) is 0 Å². The minimum Gasteiger partial charge on any atom is -0.507 e. The van der Waals surface area contributed by atoms with Crippen LogP contribution in [0.15, 0.2) is 84.8 Å². The highest BCUT2D eigenvalue weighted by molar-refractivity contribution is 6.46. The Labute approximate surface area is 182 Å². The Kier molecular flexibility index (Phi) is 4.78. The van der Waals surface area contributed by atoms with E-state index in [1.165, 1.54) is 29.2 Å². The van der Waals surface area contributed by atoms with Crippen LogP contribution in [0.3, 0.4) is 0 Å². The maximum absolute atomic E-state index is 13.4. The molecule has 0 spiro atoms. The van der Waals surface area contributed by atoms with E-state index in [9.17, 15) is 19.1 Å². The number of nitrogens with one attached hydrogen (secondary N) is 1. The number of ketones is 1. The number of hydrogen-bond donors (Lipinski definition) is 2. The molecular formula is C25H18FN3O3. The Morgan fingerprint density at radius 1 is 1.03 bits per heavy atom. The van der Waals surface area contributed by atoms with E-state index in [2.05, 4.69) is 9.97 Å². The summed E-state index contributed by atoms with van der Waals surface area (Å²) < 4.78 is 13.4. The number of likely N-dealkylation sites (tertiary alicyclic amines) is 1. The number of amides is 1. The minimum atomic E-state index is -0.815. The molecule has 158 valence electrons. The van der Waals surface area contributed by atoms with Gasteiger partial charge in [-0.05, 0) is 48.0 Å². The van der Waals surface area contributed by atoms with Crippen molar-refractivity contribution in [3.05, 3.63) is 107 Å². The van der Waals surface area contributed by atoms with E-state index in [0.29, 0.717) is 5.56 Å². The van der Waals surface area contributed by atoms with Gasteiger partial charge >= 0.3 is 0 Å². The van der Waals surface area contributed by atoms with Crippen molar-refractivity contribution in [1.29, 1.82) is 0 Å². The third kappa shape index (κ3) is 3.24. The van der Waals surface area contributed by atoms with E-state index in [0.717, 1.165) is 16.5 Å². The van der Waals surface area contributed by atoms with Gasteiger partial charge in [-0.2, -0.15) is 0 Å². The number of H-pyrrole nitrogens is 1. The highest BCUT2D eigenvalue weighted by Crippen LogP contribution is 2.42. The number of aliphatic hydroxyl groups excluding tert-OH is 1. The number of nitrogens with zero attached hydrogens (tertiary/aromatic N) is 2. The molecule has 5 rings (SSSR count). The largest absolute Gasteiger partial charge is 0.507 e. The van der Waals surface area contributed by atoms with Crippen LogP contribution < -0.4 is 0 Å². The first kappa shape index (κ1) is 19.7. The summed E-state index contributed by atoms with van der Waals surface area (Å²) in [7, 11) is 0. The van der Waals surface area contributed by atoms with Crippen LogP contribution in [-0.2, 0) is 16.1 Å². The lowest BCUT2D eigenvalue weighted by Crippen LogP contribution is -2.29. The number of rotatable bonds is 4. The number of benzene rings is 2. The van der Waals surface area contributed by atoms with Gasteiger partial charge in [-0.15, -0.1) is 0 Å². The number of aliphatic hydroxyl groups is 1. The molecule has 7 heteroatoms. The number of aromatic nitrogens is 2. The smallest absolute Gasteiger partial charge is 0.295 e. The van der Waals surface area contributed by atoms with Crippen molar-refractivity contribution in [2.24, 2.45) is 0 Å². The van der Waals surface area contributed by atoms with Crippen LogP contribution in [0.4, 0.5) is 4.39 Å². The Morgan fingerprint density at radius 2 is 1.75 bits per heavy atom. The molecule has 0 radical (unpaired) electrons. The molecular weight excluding hydrogens is 409 g/mol. The van der Waals surface area contributed by atoms with Crippen LogP contribution in [0, 0.1) is 5.82 Å². The summed E-state index contributed by atoms with van der Waals surface area (Å²) in [5.41, 5.74) is 2.57. The summed E-state index contributed by atoms with van der Waals surface area (Å²) in [4.78, 5) is 34.8. The van der Waals surface area contributed by atoms with Gasteiger partial charge < -0.3 is 15.0 Å². The number of halogens is 1. The second-order valence-electron chi connectivity index (χ2n) is 7.58. The maximum atomic E-state index is 13.4. The molecule has 0 bridgehead atoms. The Bertz CT molecular complexity index is 1360. The first-order valence-electron chi connectivity index (χ1n) is 10.0. The Hall–Kier alpha value is -4.26. The topological polar surface area (TPSA) is 86.3 Å². The fraction of sp³-hybridized carbons (Fsp3) is 0.0800. The summed E-state index contributed by atoms with van der Waals surface area (Å²) in [5.74, 6) is -2.29. The van der Waals surface area contributed by atoms with Gasteiger partial charge in [0.1, 0.15) is 11.6 Å². The van der Waals surface area contributed by atoms with Gasteiger partial charge in [-0.25, -0.2) is 4.39 Å². The minimum absolute atomic E-state index is 0.0274. The second-order valence-corrected chi connectivity index (χ2v) is 7.58. The second kappa shape index (κ2) is 7.77. The molecule has 3 heterocycles. The highest BCUT2D eigenvalue weighted by atomic mass is 19.1. The molecule has 1 saturated heterocycles. The van der Waals surface area contributed by atoms with Gasteiger partial charge in [0.15, 0.2) is 0 Å². The molecule has 6 nitrogen and oxygen atoms in total. The van der Waals surface area contributed by atoms with Crippen LogP contribution in [0.5, 0.6) is 0 Å². The number of aromatic amines is 1. The van der Waals surface area contributed by atoms with Gasteiger partial charge in [0.05, 0.1) is 11.6 Å². The van der Waals surface area contributed by atoms with Crippen molar-refractivity contribution in [3.63, 3.8) is 0 Å². The molecule has 1 amide bonds. The van der Waals surface area contributed by atoms with E-state index in [4.69, 9.17) is 0 Å². The molecule has 2 aromatic carbocycles. The Balaban J connectivity index is 1.71. The zero-order valence-electron chi connectivity index (χ0n) is 16.8. The van der Waals surface area contributed by atoms with Crippen LogP contribution in [0.2, 0.25) is 0 Å². The SMILES string of the molecule is O=C1C(=O)N(Cc2ccncc2)C(c2c[nH]c3ccccc23)/C1=C(\O)c1ccc(F)cc1. The lowest BCUT2D eigenvalue weighted by molar-refractivity contribution is -0.140. The zero-order valence-corrected chi connectivity index (χ0v) is 16.8. The maximum Gasteiger partial charge on any atom is 0.295 e. The summed E-state index contributed by atoms with van der Waals surface area (Å²) in [6.07, 6.45) is 4.98. The molecule has 32 heavy (non-hydrogen) atoms. The van der Waals surface area contributed by atoms with Gasteiger partial charge in [0.25, 0.3) is 11.7 Å². The van der Waals surface area contributed by atoms with Crippen molar-refractivity contribution < 1.29 is 19.1 Å². The van der Waals surface area contributed by atoms with Crippen molar-refractivity contribution in [2.75, 3.05) is 0 Å². The van der Waals surface area contributed by atoms with Crippen molar-refractivity contribution in [2.45, 2.75) is 12.6 Å². The zero-order chi connectivity index (χ0) is 22.2. The van der Waals surface area contributed by atoms with Crippen molar-refractivity contribution in [1.82, 2.24) is 14.9 Å². The fourth-order valence-corrected chi connectivity index (χ4v) is 4.13. The first-order valence-corrected chi connectivity index (χ1v) is 10.0. The average Bonchev–Trinajstić information content (AvgIpc) is 3.34. The van der Waals surface area contributed by atoms with Gasteiger partial charge in [0, 0.05) is 47.2 Å². The number of fused-ring (bicyclic) bond motifs is 1. The highest BCUT2D eigenvalue weighted by Gasteiger charge is 2.46. The molecule has 1 aliphatic rings. The summed E-state index contributed by atoms with van der Waals surface area (Å²) in [5, 5.41) is 11.9. The number of carbonyl (C=O) groups is 2. The first-order chi connectivity index (χ1) is 15.5. The molecule has 4 aromatic rings. The average molecular weight is 427 g/mol. The van der Waals surface area contributed by atoms with Gasteiger partial charge in [-0.3, -0.25) is 14.6 Å². The third-order valence-corrected chi connectivity index (χ3v) is 5.68. The van der Waals surface area contributed by atoms with E-state index >= 15 is 0 Å². The lowest BCUT2D eigenvalue weighted by Gasteiger charge is -2.25. The monoisotopic (exact) mass is 427 g/mol. The Morgan fingerprint density at radius 3 is 2.50 bits per heavy atom. The molecule has 1 unspecified atom stereocenters. The number of Topliss-reactive ketones (excluding diaryl/α,β-unsaturated/α-hetero) is 1. The fourth-order valence-electron chi connectivity index (χ4n) is 4.13. The molecule has 1 fully saturated rings. The van der Waals surface area contributed by atoms with Crippen LogP contribution in [0.1, 0.15) is 22.7 Å². The van der Waals surface area contributed by atoms with E-state index in [1.807, 2.05) is 24.3 Å². The number of hydrogen-bond acceptors (Lipinski definition) is 4. The standard InChI is InChI=1S/C25H18FN3O3/c26-17-7-5-16(6-8-17)23(30)21-22(19-13-28-20-4-2-1-3-18(19)20)29(25(32)24(21)31)14-15-9-11-27-12-10-15/h1-13,22,28,30H,14H2/b23-21+. The lowest BCUT2D eigenvalue weighted by atomic mass is 9.95. The van der Waals surface area contributed by atoms with Crippen LogP contribution >= 0.6 is 0 Å². The number of para-hydroxylation sites is 1. The van der Waals surface area contributed by atoms with E-state index in [-0.39, 0.29) is 23.4 Å². The van der Waals surface area contributed by atoms with Gasteiger partial charge in [0.2, 0.25) is 0 Å².